The summed E-state index contributed by atoms with van der Waals surface area (Å²) in [6.07, 6.45) is 5.54. The number of imidazole rings is 1. The minimum Gasteiger partial charge on any atom is -0.282 e. The minimum atomic E-state index is 0.645. The van der Waals surface area contributed by atoms with Crippen LogP contribution in [0.15, 0.2) is 79.3 Å². The minimum absolute atomic E-state index is 0.645. The predicted molar refractivity (Wildman–Crippen MR) is 97.0 cm³/mol. The van der Waals surface area contributed by atoms with Crippen LogP contribution in [0.1, 0.15) is 0 Å². The Bertz CT molecular complexity index is 1190. The van der Waals surface area contributed by atoms with Gasteiger partial charge in [0.2, 0.25) is 5.78 Å². The maximum Gasteiger partial charge on any atom is 0.234 e. The van der Waals surface area contributed by atoms with Crippen LogP contribution in [-0.4, -0.2) is 24.3 Å². The van der Waals surface area contributed by atoms with Gasteiger partial charge in [-0.25, -0.2) is 15.0 Å². The Labute approximate surface area is 143 Å². The third kappa shape index (κ3) is 2.33. The van der Waals surface area contributed by atoms with E-state index in [1.807, 2.05) is 71.3 Å². The van der Waals surface area contributed by atoms with E-state index in [0.29, 0.717) is 5.78 Å². The van der Waals surface area contributed by atoms with Gasteiger partial charge in [0.1, 0.15) is 5.69 Å². The fraction of sp³-hybridized carbons (Fsp3) is 0. The molecule has 0 unspecified atom stereocenters. The Hall–Kier alpha value is -3.60. The normalized spacial score (nSPS) is 11.2. The number of para-hydroxylation sites is 2. The first-order chi connectivity index (χ1) is 12.4. The van der Waals surface area contributed by atoms with Crippen molar-refractivity contribution in [2.45, 2.75) is 0 Å². The molecule has 0 atom stereocenters. The van der Waals surface area contributed by atoms with E-state index >= 15 is 0 Å². The van der Waals surface area contributed by atoms with Gasteiger partial charge in [0, 0.05) is 11.8 Å². The van der Waals surface area contributed by atoms with Crippen LogP contribution in [0.4, 0.5) is 0 Å². The van der Waals surface area contributed by atoms with E-state index in [4.69, 9.17) is 4.98 Å². The Morgan fingerprint density at radius 1 is 0.640 bits per heavy atom. The Balaban J connectivity index is 1.64. The van der Waals surface area contributed by atoms with Gasteiger partial charge in [0.15, 0.2) is 0 Å². The van der Waals surface area contributed by atoms with Crippen LogP contribution in [0.3, 0.4) is 0 Å². The number of nitrogens with zero attached hydrogens (tertiary/aromatic N) is 5. The molecule has 0 N–H and O–H groups in total. The van der Waals surface area contributed by atoms with E-state index in [9.17, 15) is 0 Å². The average Bonchev–Trinajstić information content (AvgIpc) is 3.11. The quantitative estimate of drug-likeness (QED) is 0.492. The van der Waals surface area contributed by atoms with Crippen LogP contribution in [0.25, 0.3) is 39.5 Å². The smallest absolute Gasteiger partial charge is 0.234 e. The molecule has 0 bridgehead atoms. The highest BCUT2D eigenvalue weighted by molar-refractivity contribution is 5.76. The predicted octanol–water partition coefficient (Wildman–Crippen LogP) is 4.01. The van der Waals surface area contributed by atoms with Gasteiger partial charge in [-0.3, -0.25) is 9.38 Å². The molecule has 3 aromatic heterocycles. The van der Waals surface area contributed by atoms with Crippen LogP contribution in [0, 0.1) is 0 Å². The van der Waals surface area contributed by atoms with Crippen LogP contribution in [0.5, 0.6) is 0 Å². The van der Waals surface area contributed by atoms with E-state index in [2.05, 4.69) is 15.0 Å². The molecule has 0 aliphatic rings. The lowest BCUT2D eigenvalue weighted by atomic mass is 10.1. The van der Waals surface area contributed by atoms with E-state index in [0.717, 1.165) is 33.7 Å². The molecule has 0 spiro atoms. The number of fused-ring (bicyclic) bond motifs is 2. The molecular weight excluding hydrogens is 310 g/mol. The number of benzene rings is 2. The van der Waals surface area contributed by atoms with E-state index in [1.54, 1.807) is 12.4 Å². The first-order valence-corrected chi connectivity index (χ1v) is 8.00. The van der Waals surface area contributed by atoms with E-state index in [1.165, 1.54) is 0 Å². The van der Waals surface area contributed by atoms with E-state index < -0.39 is 0 Å². The first kappa shape index (κ1) is 13.8. The summed E-state index contributed by atoms with van der Waals surface area (Å²) in [5.74, 6) is 0.645. The molecule has 0 radical (unpaired) electrons. The second-order valence-corrected chi connectivity index (χ2v) is 5.74. The van der Waals surface area contributed by atoms with Gasteiger partial charge in [0.25, 0.3) is 0 Å². The molecule has 25 heavy (non-hydrogen) atoms. The van der Waals surface area contributed by atoms with Crippen LogP contribution < -0.4 is 0 Å². The summed E-state index contributed by atoms with van der Waals surface area (Å²) in [5.41, 5.74) is 5.36. The van der Waals surface area contributed by atoms with Crippen molar-refractivity contribution in [3.05, 3.63) is 79.3 Å². The lowest BCUT2D eigenvalue weighted by molar-refractivity contribution is 1.10. The topological polar surface area (TPSA) is 56.0 Å². The Kier molecular flexibility index (Phi) is 3.03. The fourth-order valence-corrected chi connectivity index (χ4v) is 2.91. The monoisotopic (exact) mass is 323 g/mol. The average molecular weight is 323 g/mol. The molecule has 0 aliphatic heterocycles. The fourth-order valence-electron chi connectivity index (χ4n) is 2.91. The number of aromatic nitrogens is 5. The summed E-state index contributed by atoms with van der Waals surface area (Å²) in [6, 6.07) is 19.9. The van der Waals surface area contributed by atoms with Crippen molar-refractivity contribution in [1.82, 2.24) is 24.3 Å². The second kappa shape index (κ2) is 5.49. The van der Waals surface area contributed by atoms with Crippen molar-refractivity contribution in [2.24, 2.45) is 0 Å². The standard InChI is InChI=1S/C20H13N5/c1-2-6-14(7-3-1)15-10-11-25-19(13-22-20(25)24-15)18-12-21-16-8-4-5-9-17(16)23-18/h1-13H. The van der Waals surface area contributed by atoms with Crippen molar-refractivity contribution in [2.75, 3.05) is 0 Å². The molecule has 5 heteroatoms. The van der Waals surface area contributed by atoms with Gasteiger partial charge in [-0.15, -0.1) is 0 Å². The molecule has 0 saturated carbocycles. The van der Waals surface area contributed by atoms with Crippen LogP contribution >= 0.6 is 0 Å². The number of rotatable bonds is 2. The summed E-state index contributed by atoms with van der Waals surface area (Å²) in [5, 5.41) is 0. The summed E-state index contributed by atoms with van der Waals surface area (Å²) < 4.78 is 1.94. The molecule has 0 amide bonds. The third-order valence-corrected chi connectivity index (χ3v) is 4.16. The molecule has 5 aromatic rings. The largest absolute Gasteiger partial charge is 0.282 e. The molecule has 0 aliphatic carbocycles. The SMILES string of the molecule is c1ccc(-c2ccn3c(-c4cnc5ccccc5n4)cnc3n2)cc1. The zero-order valence-electron chi connectivity index (χ0n) is 13.2. The summed E-state index contributed by atoms with van der Waals surface area (Å²) >= 11 is 0. The van der Waals surface area contributed by atoms with Crippen molar-refractivity contribution in [3.63, 3.8) is 0 Å². The van der Waals surface area contributed by atoms with Gasteiger partial charge in [-0.2, -0.15) is 0 Å². The van der Waals surface area contributed by atoms with Crippen LogP contribution in [0.2, 0.25) is 0 Å². The van der Waals surface area contributed by atoms with Crippen molar-refractivity contribution in [3.8, 4) is 22.6 Å². The highest BCUT2D eigenvalue weighted by atomic mass is 15.1. The third-order valence-electron chi connectivity index (χ3n) is 4.16. The Morgan fingerprint density at radius 2 is 1.44 bits per heavy atom. The van der Waals surface area contributed by atoms with Crippen LogP contribution in [-0.2, 0) is 0 Å². The van der Waals surface area contributed by atoms with Gasteiger partial charge >= 0.3 is 0 Å². The molecule has 3 heterocycles. The molecule has 2 aromatic carbocycles. The van der Waals surface area contributed by atoms with Gasteiger partial charge in [0.05, 0.1) is 34.8 Å². The van der Waals surface area contributed by atoms with Gasteiger partial charge in [-0.05, 0) is 18.2 Å². The molecule has 118 valence electrons. The molecule has 5 nitrogen and oxygen atoms in total. The second-order valence-electron chi connectivity index (χ2n) is 5.74. The number of hydrogen-bond donors (Lipinski definition) is 0. The summed E-state index contributed by atoms with van der Waals surface area (Å²) in [4.78, 5) is 18.3. The zero-order chi connectivity index (χ0) is 16.6. The lowest BCUT2D eigenvalue weighted by Crippen LogP contribution is -1.95. The van der Waals surface area contributed by atoms with Crippen molar-refractivity contribution in [1.29, 1.82) is 0 Å². The van der Waals surface area contributed by atoms with Crippen molar-refractivity contribution >= 4 is 16.8 Å². The van der Waals surface area contributed by atoms with E-state index in [-0.39, 0.29) is 0 Å². The molecule has 0 saturated heterocycles. The van der Waals surface area contributed by atoms with Gasteiger partial charge in [-0.1, -0.05) is 42.5 Å². The number of hydrogen-bond acceptors (Lipinski definition) is 4. The summed E-state index contributed by atoms with van der Waals surface area (Å²) in [6.45, 7) is 0. The van der Waals surface area contributed by atoms with Gasteiger partial charge < -0.3 is 0 Å². The Morgan fingerprint density at radius 3 is 2.32 bits per heavy atom. The molecule has 0 fully saturated rings. The highest BCUT2D eigenvalue weighted by Gasteiger charge is 2.10. The molecular formula is C20H13N5. The highest BCUT2D eigenvalue weighted by Crippen LogP contribution is 2.22. The molecule has 5 rings (SSSR count). The first-order valence-electron chi connectivity index (χ1n) is 8.00. The lowest BCUT2D eigenvalue weighted by Gasteiger charge is -2.04. The summed E-state index contributed by atoms with van der Waals surface area (Å²) in [7, 11) is 0. The zero-order valence-corrected chi connectivity index (χ0v) is 13.2. The maximum atomic E-state index is 4.70. The maximum absolute atomic E-state index is 4.70. The van der Waals surface area contributed by atoms with Crippen molar-refractivity contribution < 1.29 is 0 Å².